The number of hydrogen-bond acceptors (Lipinski definition) is 9. The molecule has 0 spiro atoms. The number of anilines is 1. The first kappa shape index (κ1) is 23.4. The van der Waals surface area contributed by atoms with Crippen molar-refractivity contribution in [3.8, 4) is 34.1 Å². The van der Waals surface area contributed by atoms with E-state index in [-0.39, 0.29) is 12.3 Å². The van der Waals surface area contributed by atoms with E-state index >= 15 is 0 Å². The van der Waals surface area contributed by atoms with Crippen molar-refractivity contribution in [3.63, 3.8) is 0 Å². The highest BCUT2D eigenvalue weighted by Crippen LogP contribution is 2.42. The number of nitrogens with zero attached hydrogens (tertiary/aromatic N) is 5. The average Bonchev–Trinajstić information content (AvgIpc) is 3.16. The van der Waals surface area contributed by atoms with Gasteiger partial charge in [-0.05, 0) is 56.4 Å². The van der Waals surface area contributed by atoms with E-state index in [1.807, 2.05) is 30.3 Å². The van der Waals surface area contributed by atoms with Crippen LogP contribution in [0.3, 0.4) is 0 Å². The molecule has 2 unspecified atom stereocenters. The molecule has 184 valence electrons. The molecule has 2 N–H and O–H groups in total. The third kappa shape index (κ3) is 4.66. The lowest BCUT2D eigenvalue weighted by Gasteiger charge is -2.43. The predicted octanol–water partition coefficient (Wildman–Crippen LogP) is 3.69. The van der Waals surface area contributed by atoms with Crippen molar-refractivity contribution in [3.05, 3.63) is 42.7 Å². The lowest BCUT2D eigenvalue weighted by molar-refractivity contribution is 0.0515. The van der Waals surface area contributed by atoms with Crippen LogP contribution in [0.4, 0.5) is 5.82 Å². The number of rotatable bonds is 8. The molecular weight excluding hydrogens is 444 g/mol. The monoisotopic (exact) mass is 476 g/mol. The molecule has 1 aliphatic carbocycles. The van der Waals surface area contributed by atoms with Crippen LogP contribution < -0.4 is 20.1 Å². The summed E-state index contributed by atoms with van der Waals surface area (Å²) in [5.74, 6) is 2.64. The highest BCUT2D eigenvalue weighted by atomic mass is 16.7. The zero-order valence-corrected chi connectivity index (χ0v) is 20.5. The number of hydrogen-bond donors (Lipinski definition) is 1. The molecule has 0 radical (unpaired) electrons. The zero-order chi connectivity index (χ0) is 24.4. The van der Waals surface area contributed by atoms with Gasteiger partial charge in [-0.2, -0.15) is 0 Å². The average molecular weight is 477 g/mol. The number of benzene rings is 1. The SMILES string of the molecule is COCOc1cc(-c2cc(OC)ncn2)ccc1-c1ccc(N2CCC(C)(N)C2C2CCC2)nn1. The smallest absolute Gasteiger partial charge is 0.216 e. The van der Waals surface area contributed by atoms with Crippen LogP contribution in [0.15, 0.2) is 42.7 Å². The Labute approximate surface area is 205 Å². The van der Waals surface area contributed by atoms with E-state index in [0.29, 0.717) is 23.6 Å². The van der Waals surface area contributed by atoms with Gasteiger partial charge >= 0.3 is 0 Å². The molecule has 1 saturated carbocycles. The third-order valence-corrected chi connectivity index (χ3v) is 7.18. The second-order valence-electron chi connectivity index (χ2n) is 9.57. The van der Waals surface area contributed by atoms with E-state index in [0.717, 1.165) is 41.3 Å². The first-order chi connectivity index (χ1) is 17.0. The summed E-state index contributed by atoms with van der Waals surface area (Å²) >= 11 is 0. The summed E-state index contributed by atoms with van der Waals surface area (Å²) < 4.78 is 16.3. The standard InChI is InChI=1S/C26H32N6O3/c1-26(27)11-12-32(25(26)17-5-4-6-17)23-10-9-20(30-31-23)19-8-7-18(13-22(19)35-16-33-2)21-14-24(34-3)29-15-28-21/h7-10,13-15,17,25H,4-6,11-12,16,27H2,1-3H3. The number of nitrogens with two attached hydrogens (primary N) is 1. The molecule has 3 heterocycles. The van der Waals surface area contributed by atoms with Crippen molar-refractivity contribution in [1.29, 1.82) is 0 Å². The Hall–Kier alpha value is -3.30. The van der Waals surface area contributed by atoms with Gasteiger partial charge < -0.3 is 24.8 Å². The molecule has 3 aromatic rings. The minimum absolute atomic E-state index is 0.112. The van der Waals surface area contributed by atoms with Crippen LogP contribution in [-0.2, 0) is 4.74 Å². The minimum atomic E-state index is -0.202. The third-order valence-electron chi connectivity index (χ3n) is 7.18. The molecule has 5 rings (SSSR count). The van der Waals surface area contributed by atoms with E-state index < -0.39 is 0 Å². The molecule has 9 nitrogen and oxygen atoms in total. The molecule has 1 aliphatic heterocycles. The Morgan fingerprint density at radius 2 is 1.91 bits per heavy atom. The molecule has 2 atom stereocenters. The maximum atomic E-state index is 6.69. The van der Waals surface area contributed by atoms with Gasteiger partial charge in [0.1, 0.15) is 12.1 Å². The Kier molecular flexibility index (Phi) is 6.53. The van der Waals surface area contributed by atoms with Crippen molar-refractivity contribution in [1.82, 2.24) is 20.2 Å². The molecule has 9 heteroatoms. The van der Waals surface area contributed by atoms with Gasteiger partial charge in [-0.25, -0.2) is 9.97 Å². The molecule has 2 aliphatic rings. The number of methoxy groups -OCH3 is 2. The fraction of sp³-hybridized carbons (Fsp3) is 0.462. The Balaban J connectivity index is 1.44. The van der Waals surface area contributed by atoms with Crippen molar-refractivity contribution in [2.75, 3.05) is 32.5 Å². The van der Waals surface area contributed by atoms with E-state index in [1.165, 1.54) is 25.6 Å². The summed E-state index contributed by atoms with van der Waals surface area (Å²) in [5, 5.41) is 9.19. The first-order valence-corrected chi connectivity index (χ1v) is 12.0. The van der Waals surface area contributed by atoms with Gasteiger partial charge in [0.15, 0.2) is 12.6 Å². The number of ether oxygens (including phenoxy) is 3. The first-order valence-electron chi connectivity index (χ1n) is 12.0. The maximum Gasteiger partial charge on any atom is 0.216 e. The van der Waals surface area contributed by atoms with Gasteiger partial charge in [-0.15, -0.1) is 10.2 Å². The lowest BCUT2D eigenvalue weighted by atomic mass is 9.73. The molecule has 0 bridgehead atoms. The van der Waals surface area contributed by atoms with Crippen LogP contribution in [-0.4, -0.2) is 59.3 Å². The summed E-state index contributed by atoms with van der Waals surface area (Å²) in [6.07, 6.45) is 6.21. The van der Waals surface area contributed by atoms with Crippen LogP contribution in [0.1, 0.15) is 32.6 Å². The molecular formula is C26H32N6O3. The summed E-state index contributed by atoms with van der Waals surface area (Å²) in [5.41, 5.74) is 9.64. The quantitative estimate of drug-likeness (QED) is 0.487. The van der Waals surface area contributed by atoms with Crippen LogP contribution >= 0.6 is 0 Å². The largest absolute Gasteiger partial charge is 0.481 e. The minimum Gasteiger partial charge on any atom is -0.481 e. The Bertz CT molecular complexity index is 1170. The van der Waals surface area contributed by atoms with E-state index in [1.54, 1.807) is 20.3 Å². The maximum absolute atomic E-state index is 6.69. The van der Waals surface area contributed by atoms with Crippen molar-refractivity contribution >= 4 is 5.82 Å². The molecule has 0 amide bonds. The van der Waals surface area contributed by atoms with E-state index in [2.05, 4.69) is 32.0 Å². The molecule has 2 aromatic heterocycles. The van der Waals surface area contributed by atoms with Gasteiger partial charge in [-0.1, -0.05) is 12.5 Å². The summed E-state index contributed by atoms with van der Waals surface area (Å²) in [6.45, 7) is 3.19. The lowest BCUT2D eigenvalue weighted by Crippen LogP contribution is -2.55. The zero-order valence-electron chi connectivity index (χ0n) is 20.5. The Morgan fingerprint density at radius 3 is 2.60 bits per heavy atom. The van der Waals surface area contributed by atoms with Crippen molar-refractivity contribution < 1.29 is 14.2 Å². The van der Waals surface area contributed by atoms with Gasteiger partial charge in [-0.3, -0.25) is 0 Å². The topological polar surface area (TPSA) is 109 Å². The fourth-order valence-corrected chi connectivity index (χ4v) is 5.18. The van der Waals surface area contributed by atoms with Gasteiger partial charge in [0, 0.05) is 36.4 Å². The molecule has 35 heavy (non-hydrogen) atoms. The van der Waals surface area contributed by atoms with Gasteiger partial charge in [0.25, 0.3) is 0 Å². The fourth-order valence-electron chi connectivity index (χ4n) is 5.18. The predicted molar refractivity (Wildman–Crippen MR) is 133 cm³/mol. The van der Waals surface area contributed by atoms with Gasteiger partial charge in [0.05, 0.1) is 24.5 Å². The van der Waals surface area contributed by atoms with Crippen LogP contribution in [0.25, 0.3) is 22.5 Å². The van der Waals surface area contributed by atoms with Gasteiger partial charge in [0.2, 0.25) is 5.88 Å². The van der Waals surface area contributed by atoms with Crippen LogP contribution in [0.5, 0.6) is 11.6 Å². The summed E-state index contributed by atoms with van der Waals surface area (Å²) in [4.78, 5) is 10.8. The molecule has 1 aromatic carbocycles. The summed E-state index contributed by atoms with van der Waals surface area (Å²) in [7, 11) is 3.17. The normalized spacial score (nSPS) is 22.2. The molecule has 2 fully saturated rings. The van der Waals surface area contributed by atoms with Crippen LogP contribution in [0, 0.1) is 5.92 Å². The second kappa shape index (κ2) is 9.75. The molecule has 1 saturated heterocycles. The Morgan fingerprint density at radius 1 is 1.06 bits per heavy atom. The van der Waals surface area contributed by atoms with Crippen molar-refractivity contribution in [2.24, 2.45) is 11.7 Å². The second-order valence-corrected chi connectivity index (χ2v) is 9.57. The van der Waals surface area contributed by atoms with E-state index in [4.69, 9.17) is 19.9 Å². The summed E-state index contributed by atoms with van der Waals surface area (Å²) in [6, 6.07) is 12.0. The number of aromatic nitrogens is 4. The van der Waals surface area contributed by atoms with E-state index in [9.17, 15) is 0 Å². The van der Waals surface area contributed by atoms with Crippen LogP contribution in [0.2, 0.25) is 0 Å². The van der Waals surface area contributed by atoms with Crippen molar-refractivity contribution in [2.45, 2.75) is 44.2 Å². The highest BCUT2D eigenvalue weighted by molar-refractivity contribution is 5.73. The highest BCUT2D eigenvalue weighted by Gasteiger charge is 2.47.